The Labute approximate surface area is 81.6 Å². The summed E-state index contributed by atoms with van der Waals surface area (Å²) in [6.07, 6.45) is 11.2. The molecule has 3 N–H and O–H groups in total. The minimum atomic E-state index is 0.443. The molecule has 0 saturated heterocycles. The fraction of sp³-hybridized carbons (Fsp3) is 0.818. The maximum Gasteiger partial charge on any atom is 0.0245 e. The highest BCUT2D eigenvalue weighted by Gasteiger charge is 2.16. The van der Waals surface area contributed by atoms with Crippen molar-refractivity contribution in [3.8, 4) is 0 Å². The van der Waals surface area contributed by atoms with Gasteiger partial charge in [-0.25, -0.2) is 0 Å². The molecule has 13 heavy (non-hydrogen) atoms. The van der Waals surface area contributed by atoms with E-state index in [4.69, 9.17) is 5.84 Å². The summed E-state index contributed by atoms with van der Waals surface area (Å²) in [5.74, 6) is 6.42. The quantitative estimate of drug-likeness (QED) is 0.376. The Morgan fingerprint density at radius 1 is 1.46 bits per heavy atom. The molecule has 2 nitrogen and oxygen atoms in total. The Bertz CT molecular complexity index is 139. The topological polar surface area (TPSA) is 38.0 Å². The molecule has 0 aromatic heterocycles. The monoisotopic (exact) mass is 182 g/mol. The van der Waals surface area contributed by atoms with Gasteiger partial charge in [-0.3, -0.25) is 11.3 Å². The second kappa shape index (κ2) is 6.17. The van der Waals surface area contributed by atoms with Gasteiger partial charge in [0.1, 0.15) is 0 Å². The molecule has 1 fully saturated rings. The maximum atomic E-state index is 5.45. The highest BCUT2D eigenvalue weighted by Crippen LogP contribution is 2.29. The first-order valence-electron chi connectivity index (χ1n) is 5.44. The van der Waals surface area contributed by atoms with Gasteiger partial charge >= 0.3 is 0 Å². The predicted octanol–water partition coefficient (Wildman–Crippen LogP) is 2.36. The van der Waals surface area contributed by atoms with Crippen LogP contribution in [0.2, 0.25) is 0 Å². The van der Waals surface area contributed by atoms with E-state index in [9.17, 15) is 0 Å². The minimum Gasteiger partial charge on any atom is -0.271 e. The normalized spacial score (nSPS) is 20.4. The molecule has 0 radical (unpaired) electrons. The number of nitrogens with one attached hydrogen (secondary N) is 1. The molecule has 1 atom stereocenters. The number of rotatable bonds is 6. The van der Waals surface area contributed by atoms with Crippen molar-refractivity contribution in [1.29, 1.82) is 0 Å². The van der Waals surface area contributed by atoms with Crippen LogP contribution in [-0.2, 0) is 0 Å². The van der Waals surface area contributed by atoms with Crippen molar-refractivity contribution >= 4 is 0 Å². The second-order valence-corrected chi connectivity index (χ2v) is 4.12. The lowest BCUT2D eigenvalue weighted by Gasteiger charge is -2.16. The molecule has 0 aromatic rings. The Kier molecular flexibility index (Phi) is 5.09. The van der Waals surface area contributed by atoms with Crippen molar-refractivity contribution in [3.05, 3.63) is 12.7 Å². The van der Waals surface area contributed by atoms with Gasteiger partial charge in [-0.1, -0.05) is 31.8 Å². The lowest BCUT2D eigenvalue weighted by atomic mass is 9.97. The van der Waals surface area contributed by atoms with Gasteiger partial charge in [-0.05, 0) is 25.2 Å². The van der Waals surface area contributed by atoms with Crippen LogP contribution < -0.4 is 11.3 Å². The average molecular weight is 182 g/mol. The van der Waals surface area contributed by atoms with E-state index >= 15 is 0 Å². The van der Waals surface area contributed by atoms with Crippen LogP contribution in [0.1, 0.15) is 44.9 Å². The summed E-state index contributed by atoms with van der Waals surface area (Å²) in [6, 6.07) is 0.443. The largest absolute Gasteiger partial charge is 0.271 e. The summed E-state index contributed by atoms with van der Waals surface area (Å²) in [4.78, 5) is 0. The Hall–Kier alpha value is -0.340. The molecule has 1 aliphatic rings. The summed E-state index contributed by atoms with van der Waals surface area (Å²) >= 11 is 0. The Balaban J connectivity index is 2.10. The third-order valence-electron chi connectivity index (χ3n) is 3.09. The molecule has 1 aliphatic carbocycles. The molecule has 0 aliphatic heterocycles. The van der Waals surface area contributed by atoms with Crippen LogP contribution in [0.25, 0.3) is 0 Å². The van der Waals surface area contributed by atoms with Gasteiger partial charge in [0.2, 0.25) is 0 Å². The van der Waals surface area contributed by atoms with Gasteiger partial charge in [0.05, 0.1) is 0 Å². The zero-order valence-electron chi connectivity index (χ0n) is 8.47. The van der Waals surface area contributed by atoms with Crippen molar-refractivity contribution in [1.82, 2.24) is 5.43 Å². The molecule has 0 amide bonds. The van der Waals surface area contributed by atoms with Gasteiger partial charge < -0.3 is 0 Å². The van der Waals surface area contributed by atoms with Gasteiger partial charge in [0.25, 0.3) is 0 Å². The van der Waals surface area contributed by atoms with E-state index in [1.807, 2.05) is 6.08 Å². The molecule has 0 heterocycles. The van der Waals surface area contributed by atoms with E-state index in [0.717, 1.165) is 12.3 Å². The molecule has 0 bridgehead atoms. The van der Waals surface area contributed by atoms with Crippen molar-refractivity contribution < 1.29 is 0 Å². The molecule has 1 saturated carbocycles. The lowest BCUT2D eigenvalue weighted by molar-refractivity contribution is 0.410. The SMILES string of the molecule is C=CCC(CCC1CCCC1)NN. The van der Waals surface area contributed by atoms with Gasteiger partial charge in [0, 0.05) is 6.04 Å². The van der Waals surface area contributed by atoms with E-state index in [2.05, 4.69) is 12.0 Å². The van der Waals surface area contributed by atoms with Crippen LogP contribution in [0.3, 0.4) is 0 Å². The van der Waals surface area contributed by atoms with Gasteiger partial charge in [-0.2, -0.15) is 0 Å². The molecule has 1 unspecified atom stereocenters. The van der Waals surface area contributed by atoms with E-state index in [1.54, 1.807) is 0 Å². The van der Waals surface area contributed by atoms with E-state index in [1.165, 1.54) is 38.5 Å². The smallest absolute Gasteiger partial charge is 0.0245 e. The second-order valence-electron chi connectivity index (χ2n) is 4.12. The number of hydrazine groups is 1. The van der Waals surface area contributed by atoms with Crippen molar-refractivity contribution in [3.63, 3.8) is 0 Å². The third-order valence-corrected chi connectivity index (χ3v) is 3.09. The molecule has 76 valence electrons. The lowest BCUT2D eigenvalue weighted by Crippen LogP contribution is -2.34. The summed E-state index contributed by atoms with van der Waals surface area (Å²) in [6.45, 7) is 3.73. The summed E-state index contributed by atoms with van der Waals surface area (Å²) in [5, 5.41) is 0. The Morgan fingerprint density at radius 2 is 2.15 bits per heavy atom. The minimum absolute atomic E-state index is 0.443. The Morgan fingerprint density at radius 3 is 2.69 bits per heavy atom. The molecular formula is C11H22N2. The van der Waals surface area contributed by atoms with Crippen molar-refractivity contribution in [2.45, 2.75) is 51.0 Å². The number of hydrogen-bond donors (Lipinski definition) is 2. The first-order chi connectivity index (χ1) is 6.36. The highest BCUT2D eigenvalue weighted by molar-refractivity contribution is 4.78. The zero-order chi connectivity index (χ0) is 9.52. The first kappa shape index (κ1) is 10.7. The van der Waals surface area contributed by atoms with Crippen molar-refractivity contribution in [2.24, 2.45) is 11.8 Å². The summed E-state index contributed by atoms with van der Waals surface area (Å²) in [7, 11) is 0. The van der Waals surface area contributed by atoms with Crippen LogP contribution in [0.15, 0.2) is 12.7 Å². The third kappa shape index (κ3) is 3.92. The fourth-order valence-electron chi connectivity index (χ4n) is 2.21. The summed E-state index contributed by atoms with van der Waals surface area (Å²) < 4.78 is 0. The maximum absolute atomic E-state index is 5.45. The van der Waals surface area contributed by atoms with E-state index in [-0.39, 0.29) is 0 Å². The van der Waals surface area contributed by atoms with E-state index in [0.29, 0.717) is 6.04 Å². The van der Waals surface area contributed by atoms with Gasteiger partial charge in [0.15, 0.2) is 0 Å². The molecular weight excluding hydrogens is 160 g/mol. The van der Waals surface area contributed by atoms with Crippen LogP contribution in [-0.4, -0.2) is 6.04 Å². The number of nitrogens with two attached hydrogens (primary N) is 1. The highest BCUT2D eigenvalue weighted by atomic mass is 15.2. The van der Waals surface area contributed by atoms with Gasteiger partial charge in [-0.15, -0.1) is 6.58 Å². The van der Waals surface area contributed by atoms with Crippen LogP contribution in [0, 0.1) is 5.92 Å². The van der Waals surface area contributed by atoms with Crippen LogP contribution in [0.4, 0.5) is 0 Å². The first-order valence-corrected chi connectivity index (χ1v) is 5.44. The fourth-order valence-corrected chi connectivity index (χ4v) is 2.21. The molecule has 2 heteroatoms. The standard InChI is InChI=1S/C11H22N2/c1-2-5-11(13-12)9-8-10-6-3-4-7-10/h2,10-11,13H,1,3-9,12H2. The molecule has 1 rings (SSSR count). The predicted molar refractivity (Wildman–Crippen MR) is 57.1 cm³/mol. The van der Waals surface area contributed by atoms with Crippen LogP contribution >= 0.6 is 0 Å². The van der Waals surface area contributed by atoms with E-state index < -0.39 is 0 Å². The molecule has 0 aromatic carbocycles. The summed E-state index contributed by atoms with van der Waals surface area (Å²) in [5.41, 5.74) is 2.86. The van der Waals surface area contributed by atoms with Crippen molar-refractivity contribution in [2.75, 3.05) is 0 Å². The molecule has 0 spiro atoms. The average Bonchev–Trinajstić information content (AvgIpc) is 2.64. The van der Waals surface area contributed by atoms with Crippen LogP contribution in [0.5, 0.6) is 0 Å². The number of hydrogen-bond acceptors (Lipinski definition) is 2. The zero-order valence-corrected chi connectivity index (χ0v) is 8.47.